The minimum Gasteiger partial charge on any atom is -0.510 e. The predicted molar refractivity (Wildman–Crippen MR) is 111 cm³/mol. The number of ether oxygens (including phenoxy) is 1. The van der Waals surface area contributed by atoms with Crippen LogP contribution in [0.1, 0.15) is 46.1 Å². The minimum atomic E-state index is -0.383. The number of hydrogen-bond acceptors (Lipinski definition) is 4. The first-order valence-corrected chi connectivity index (χ1v) is 10.3. The maximum Gasteiger partial charge on any atom is 0.123 e. The molecular formula is C23H33FN2O2. The molecule has 3 rings (SSSR count). The fourth-order valence-electron chi connectivity index (χ4n) is 4.70. The maximum atomic E-state index is 13.6. The Morgan fingerprint density at radius 3 is 2.29 bits per heavy atom. The zero-order chi connectivity index (χ0) is 20.5. The van der Waals surface area contributed by atoms with Crippen LogP contribution in [0.25, 0.3) is 0 Å². The van der Waals surface area contributed by atoms with E-state index < -0.39 is 0 Å². The average molecular weight is 389 g/mol. The first-order chi connectivity index (χ1) is 13.2. The number of aliphatic hydroxyl groups excluding tert-OH is 1. The van der Waals surface area contributed by atoms with Crippen molar-refractivity contribution in [3.63, 3.8) is 0 Å². The molecule has 0 aromatic heterocycles. The van der Waals surface area contributed by atoms with Crippen LogP contribution >= 0.6 is 0 Å². The Morgan fingerprint density at radius 1 is 1.14 bits per heavy atom. The summed E-state index contributed by atoms with van der Waals surface area (Å²) in [5.74, 6) is 0.172. The molecule has 0 radical (unpaired) electrons. The minimum absolute atomic E-state index is 0.115. The highest BCUT2D eigenvalue weighted by Gasteiger charge is 2.48. The lowest BCUT2D eigenvalue weighted by Gasteiger charge is -2.46. The van der Waals surface area contributed by atoms with E-state index in [9.17, 15) is 9.50 Å². The van der Waals surface area contributed by atoms with Crippen molar-refractivity contribution in [3.05, 3.63) is 47.1 Å². The lowest BCUT2D eigenvalue weighted by molar-refractivity contribution is 0.0229. The SMILES string of the molecule is CC(C)C1=NC(C(C)C)=C(O)C(c2ccc(F)cc2)C1(C)CN1CCOCC1. The van der Waals surface area contributed by atoms with E-state index >= 15 is 0 Å². The third-order valence-electron chi connectivity index (χ3n) is 5.95. The molecule has 5 heteroatoms. The molecule has 1 aromatic carbocycles. The molecular weight excluding hydrogens is 355 g/mol. The van der Waals surface area contributed by atoms with Gasteiger partial charge in [-0.1, -0.05) is 46.8 Å². The fraction of sp³-hybridized carbons (Fsp3) is 0.609. The first kappa shape index (κ1) is 21.0. The molecule has 2 aliphatic rings. The molecule has 2 unspecified atom stereocenters. The van der Waals surface area contributed by atoms with Gasteiger partial charge in [0.25, 0.3) is 0 Å². The van der Waals surface area contributed by atoms with Crippen LogP contribution in [0, 0.1) is 23.1 Å². The number of nitrogens with zero attached hydrogens (tertiary/aromatic N) is 2. The van der Waals surface area contributed by atoms with Crippen LogP contribution in [0.2, 0.25) is 0 Å². The average Bonchev–Trinajstić information content (AvgIpc) is 2.63. The molecule has 0 spiro atoms. The predicted octanol–water partition coefficient (Wildman–Crippen LogP) is 4.78. The topological polar surface area (TPSA) is 45.1 Å². The molecule has 4 nitrogen and oxygen atoms in total. The molecule has 1 N–H and O–H groups in total. The van der Waals surface area contributed by atoms with Crippen LogP contribution in [0.5, 0.6) is 0 Å². The Balaban J connectivity index is 2.12. The standard InChI is InChI=1S/C23H33FN2O2/c1-15(2)20-21(27)19(17-6-8-18(24)9-7-17)23(5,22(25-20)16(3)4)14-26-10-12-28-13-11-26/h6-9,15-16,19,27H,10-14H2,1-5H3. The van der Waals surface area contributed by atoms with Gasteiger partial charge in [-0.15, -0.1) is 0 Å². The molecule has 0 saturated carbocycles. The van der Waals surface area contributed by atoms with Gasteiger partial charge in [0.2, 0.25) is 0 Å². The van der Waals surface area contributed by atoms with Gasteiger partial charge in [-0.2, -0.15) is 0 Å². The van der Waals surface area contributed by atoms with Crippen LogP contribution < -0.4 is 0 Å². The molecule has 154 valence electrons. The molecule has 0 amide bonds. The second-order valence-electron chi connectivity index (χ2n) is 8.87. The van der Waals surface area contributed by atoms with Crippen molar-refractivity contribution in [1.29, 1.82) is 0 Å². The summed E-state index contributed by atoms with van der Waals surface area (Å²) in [4.78, 5) is 7.38. The van der Waals surface area contributed by atoms with Gasteiger partial charge in [-0.05, 0) is 29.5 Å². The van der Waals surface area contributed by atoms with Gasteiger partial charge in [-0.3, -0.25) is 9.89 Å². The normalized spacial score (nSPS) is 26.9. The first-order valence-electron chi connectivity index (χ1n) is 10.3. The number of halogens is 1. The third-order valence-corrected chi connectivity index (χ3v) is 5.95. The Kier molecular flexibility index (Phi) is 6.25. The Hall–Kier alpha value is -1.72. The number of rotatable bonds is 5. The van der Waals surface area contributed by atoms with Gasteiger partial charge >= 0.3 is 0 Å². The summed E-state index contributed by atoms with van der Waals surface area (Å²) in [6.45, 7) is 14.6. The zero-order valence-electron chi connectivity index (χ0n) is 17.7. The van der Waals surface area contributed by atoms with Gasteiger partial charge in [0, 0.05) is 30.8 Å². The molecule has 2 heterocycles. The van der Waals surface area contributed by atoms with Crippen LogP contribution in [0.3, 0.4) is 0 Å². The highest BCUT2D eigenvalue weighted by atomic mass is 19.1. The largest absolute Gasteiger partial charge is 0.510 e. The fourth-order valence-corrected chi connectivity index (χ4v) is 4.70. The molecule has 1 fully saturated rings. The smallest absolute Gasteiger partial charge is 0.123 e. The lowest BCUT2D eigenvalue weighted by Crippen LogP contribution is -2.51. The third kappa shape index (κ3) is 4.01. The number of aliphatic imine (C=N–C) groups is 1. The second kappa shape index (κ2) is 8.34. The van der Waals surface area contributed by atoms with Gasteiger partial charge in [0.05, 0.1) is 24.8 Å². The van der Waals surface area contributed by atoms with Gasteiger partial charge in [-0.25, -0.2) is 4.39 Å². The van der Waals surface area contributed by atoms with Crippen LogP contribution in [0.15, 0.2) is 40.7 Å². The molecule has 0 bridgehead atoms. The van der Waals surface area contributed by atoms with Crippen molar-refractivity contribution in [3.8, 4) is 0 Å². The Morgan fingerprint density at radius 2 is 1.75 bits per heavy atom. The van der Waals surface area contributed by atoms with Gasteiger partial charge in [0.1, 0.15) is 11.6 Å². The summed E-state index contributed by atoms with van der Waals surface area (Å²) in [7, 11) is 0. The molecule has 0 aliphatic carbocycles. The van der Waals surface area contributed by atoms with E-state index in [2.05, 4.69) is 39.5 Å². The van der Waals surface area contributed by atoms with Crippen LogP contribution in [0.4, 0.5) is 4.39 Å². The molecule has 2 aliphatic heterocycles. The van der Waals surface area contributed by atoms with E-state index in [4.69, 9.17) is 9.73 Å². The zero-order valence-corrected chi connectivity index (χ0v) is 17.7. The van der Waals surface area contributed by atoms with Crippen molar-refractivity contribution < 1.29 is 14.2 Å². The molecule has 1 saturated heterocycles. The van der Waals surface area contributed by atoms with Gasteiger partial charge < -0.3 is 9.84 Å². The summed E-state index contributed by atoms with van der Waals surface area (Å²) >= 11 is 0. The number of hydrogen-bond donors (Lipinski definition) is 1. The van der Waals surface area contributed by atoms with E-state index in [0.29, 0.717) is 5.76 Å². The number of aliphatic hydroxyl groups is 1. The van der Waals surface area contributed by atoms with Crippen molar-refractivity contribution >= 4 is 5.71 Å². The van der Waals surface area contributed by atoms with Crippen LogP contribution in [-0.4, -0.2) is 48.6 Å². The van der Waals surface area contributed by atoms with Crippen molar-refractivity contribution in [2.45, 2.75) is 40.5 Å². The summed E-state index contributed by atoms with van der Waals surface area (Å²) in [6, 6.07) is 6.56. The maximum absolute atomic E-state index is 13.6. The molecule has 2 atom stereocenters. The highest BCUT2D eigenvalue weighted by Crippen LogP contribution is 2.49. The summed E-state index contributed by atoms with van der Waals surface area (Å²) in [6.07, 6.45) is 0. The summed E-state index contributed by atoms with van der Waals surface area (Å²) in [5.41, 5.74) is 2.40. The van der Waals surface area contributed by atoms with Crippen molar-refractivity contribution in [2.24, 2.45) is 22.2 Å². The van der Waals surface area contributed by atoms with E-state index in [1.165, 1.54) is 12.1 Å². The van der Waals surface area contributed by atoms with Crippen molar-refractivity contribution in [1.82, 2.24) is 4.90 Å². The van der Waals surface area contributed by atoms with E-state index in [1.807, 2.05) is 0 Å². The van der Waals surface area contributed by atoms with Crippen molar-refractivity contribution in [2.75, 3.05) is 32.8 Å². The Bertz CT molecular complexity index is 748. The second-order valence-corrected chi connectivity index (χ2v) is 8.87. The summed E-state index contributed by atoms with van der Waals surface area (Å²) in [5, 5.41) is 11.3. The van der Waals surface area contributed by atoms with E-state index in [-0.39, 0.29) is 29.0 Å². The van der Waals surface area contributed by atoms with Crippen LogP contribution in [-0.2, 0) is 4.74 Å². The monoisotopic (exact) mass is 388 g/mol. The van der Waals surface area contributed by atoms with E-state index in [0.717, 1.165) is 49.8 Å². The summed E-state index contributed by atoms with van der Waals surface area (Å²) < 4.78 is 19.1. The number of allylic oxidation sites excluding steroid dienone is 2. The van der Waals surface area contributed by atoms with E-state index in [1.54, 1.807) is 12.1 Å². The lowest BCUT2D eigenvalue weighted by atomic mass is 9.64. The van der Waals surface area contributed by atoms with Gasteiger partial charge in [0.15, 0.2) is 0 Å². The molecule has 28 heavy (non-hydrogen) atoms. The number of benzene rings is 1. The Labute approximate surface area is 168 Å². The quantitative estimate of drug-likeness (QED) is 0.789. The molecule has 1 aromatic rings. The number of morpholine rings is 1. The highest BCUT2D eigenvalue weighted by molar-refractivity contribution is 5.95.